The van der Waals surface area contributed by atoms with E-state index in [2.05, 4.69) is 13.8 Å². The molecule has 1 aromatic carbocycles. The van der Waals surface area contributed by atoms with E-state index in [1.54, 1.807) is 7.11 Å². The summed E-state index contributed by atoms with van der Waals surface area (Å²) >= 11 is 0. The van der Waals surface area contributed by atoms with Crippen LogP contribution in [0.2, 0.25) is 0 Å². The van der Waals surface area contributed by atoms with Gasteiger partial charge in [0.15, 0.2) is 0 Å². The smallest absolute Gasteiger partial charge is 0.119 e. The summed E-state index contributed by atoms with van der Waals surface area (Å²) in [5.74, 6) is 0.820. The maximum absolute atomic E-state index is 10.1. The minimum Gasteiger partial charge on any atom is -0.497 e. The van der Waals surface area contributed by atoms with Crippen molar-refractivity contribution in [1.82, 2.24) is 0 Å². The molecule has 0 radical (unpaired) electrons. The third kappa shape index (κ3) is 1.30. The van der Waals surface area contributed by atoms with E-state index in [9.17, 15) is 5.11 Å². The summed E-state index contributed by atoms with van der Waals surface area (Å²) in [5, 5.41) is 10.1. The highest BCUT2D eigenvalue weighted by Crippen LogP contribution is 2.45. The Balaban J connectivity index is 2.45. The number of benzene rings is 1. The van der Waals surface area contributed by atoms with Gasteiger partial charge in [-0.05, 0) is 35.1 Å². The molecule has 76 valence electrons. The Bertz CT molecular complexity index is 355. The van der Waals surface area contributed by atoms with Crippen LogP contribution in [-0.4, -0.2) is 12.2 Å². The van der Waals surface area contributed by atoms with E-state index in [1.165, 1.54) is 5.56 Å². The van der Waals surface area contributed by atoms with Crippen LogP contribution in [0.25, 0.3) is 0 Å². The topological polar surface area (TPSA) is 29.5 Å². The van der Waals surface area contributed by atoms with Crippen LogP contribution in [0.3, 0.4) is 0 Å². The quantitative estimate of drug-likeness (QED) is 0.740. The average Bonchev–Trinajstić information content (AvgIpc) is 2.38. The predicted octanol–water partition coefficient (Wildman–Crippen LogP) is 2.31. The third-order valence-corrected chi connectivity index (χ3v) is 3.03. The van der Waals surface area contributed by atoms with E-state index >= 15 is 0 Å². The zero-order chi connectivity index (χ0) is 10.3. The van der Waals surface area contributed by atoms with Crippen LogP contribution in [0, 0.1) is 5.41 Å². The van der Waals surface area contributed by atoms with E-state index in [1.807, 2.05) is 18.2 Å². The average molecular weight is 192 g/mol. The summed E-state index contributed by atoms with van der Waals surface area (Å²) in [7, 11) is 1.65. The molecule has 0 unspecified atom stereocenters. The maximum atomic E-state index is 10.1. The van der Waals surface area contributed by atoms with Crippen LogP contribution >= 0.6 is 0 Å². The molecular weight excluding hydrogens is 176 g/mol. The Hall–Kier alpha value is -1.02. The molecule has 2 heteroatoms. The second kappa shape index (κ2) is 2.99. The maximum Gasteiger partial charge on any atom is 0.119 e. The van der Waals surface area contributed by atoms with E-state index in [0.717, 1.165) is 17.7 Å². The summed E-state index contributed by atoms with van der Waals surface area (Å²) in [6.07, 6.45) is 0.570. The van der Waals surface area contributed by atoms with Crippen LogP contribution in [0.5, 0.6) is 5.75 Å². The van der Waals surface area contributed by atoms with Gasteiger partial charge in [-0.1, -0.05) is 19.9 Å². The monoisotopic (exact) mass is 192 g/mol. The highest BCUT2D eigenvalue weighted by molar-refractivity contribution is 5.41. The number of aliphatic hydroxyl groups excluding tert-OH is 1. The normalized spacial score (nSPS) is 23.3. The first-order valence-corrected chi connectivity index (χ1v) is 4.89. The molecule has 0 aliphatic heterocycles. The lowest BCUT2D eigenvalue weighted by molar-refractivity contribution is 0.0665. The Morgan fingerprint density at radius 1 is 1.43 bits per heavy atom. The molecule has 1 aliphatic rings. The highest BCUT2D eigenvalue weighted by atomic mass is 16.5. The van der Waals surface area contributed by atoms with Gasteiger partial charge in [0.2, 0.25) is 0 Å². The Kier molecular flexibility index (Phi) is 2.04. The lowest BCUT2D eigenvalue weighted by atomic mass is 9.88. The molecule has 0 spiro atoms. The lowest BCUT2D eigenvalue weighted by Crippen LogP contribution is -2.16. The first-order valence-electron chi connectivity index (χ1n) is 4.89. The molecule has 1 aromatic rings. The van der Waals surface area contributed by atoms with E-state index in [0.29, 0.717) is 0 Å². The van der Waals surface area contributed by atoms with Crippen LogP contribution in [-0.2, 0) is 6.42 Å². The van der Waals surface area contributed by atoms with E-state index < -0.39 is 0 Å². The standard InChI is InChI=1S/C12H16O2/c1-12(2)7-8-4-5-9(14-3)6-10(8)11(12)13/h4-6,11,13H,7H2,1-3H3/t11-/m1/s1. The summed E-state index contributed by atoms with van der Waals surface area (Å²) in [6, 6.07) is 5.94. The highest BCUT2D eigenvalue weighted by Gasteiger charge is 2.37. The van der Waals surface area contributed by atoms with Crippen molar-refractivity contribution in [3.05, 3.63) is 29.3 Å². The first kappa shape index (κ1) is 9.53. The van der Waals surface area contributed by atoms with Gasteiger partial charge >= 0.3 is 0 Å². The lowest BCUT2D eigenvalue weighted by Gasteiger charge is -2.22. The third-order valence-electron chi connectivity index (χ3n) is 3.03. The van der Waals surface area contributed by atoms with Crippen molar-refractivity contribution in [2.45, 2.75) is 26.4 Å². The summed E-state index contributed by atoms with van der Waals surface area (Å²) in [5.41, 5.74) is 2.21. The number of ether oxygens (including phenoxy) is 1. The van der Waals surface area contributed by atoms with Crippen LogP contribution in [0.15, 0.2) is 18.2 Å². The van der Waals surface area contributed by atoms with Crippen molar-refractivity contribution in [3.8, 4) is 5.75 Å². The molecule has 0 saturated carbocycles. The minimum absolute atomic E-state index is 0.0469. The molecule has 2 nitrogen and oxygen atoms in total. The van der Waals surface area contributed by atoms with Crippen LogP contribution in [0.1, 0.15) is 31.1 Å². The van der Waals surface area contributed by atoms with Gasteiger partial charge in [0.25, 0.3) is 0 Å². The minimum atomic E-state index is -0.368. The summed E-state index contributed by atoms with van der Waals surface area (Å²) < 4.78 is 5.14. The molecule has 0 saturated heterocycles. The zero-order valence-corrected chi connectivity index (χ0v) is 8.87. The molecule has 0 amide bonds. The molecule has 0 bridgehead atoms. The molecule has 1 atom stereocenters. The van der Waals surface area contributed by atoms with Gasteiger partial charge in [0.05, 0.1) is 13.2 Å². The number of fused-ring (bicyclic) bond motifs is 1. The zero-order valence-electron chi connectivity index (χ0n) is 8.87. The van der Waals surface area contributed by atoms with Crippen molar-refractivity contribution in [2.24, 2.45) is 5.41 Å². The molecule has 0 heterocycles. The van der Waals surface area contributed by atoms with Gasteiger partial charge in [-0.15, -0.1) is 0 Å². The number of rotatable bonds is 1. The molecule has 0 fully saturated rings. The fraction of sp³-hybridized carbons (Fsp3) is 0.500. The second-order valence-electron chi connectivity index (χ2n) is 4.63. The molecule has 2 rings (SSSR count). The van der Waals surface area contributed by atoms with Gasteiger partial charge in [-0.3, -0.25) is 0 Å². The molecule has 1 N–H and O–H groups in total. The van der Waals surface area contributed by atoms with Crippen molar-refractivity contribution < 1.29 is 9.84 Å². The molecule has 0 aromatic heterocycles. The Morgan fingerprint density at radius 2 is 2.14 bits per heavy atom. The summed E-state index contributed by atoms with van der Waals surface area (Å²) in [4.78, 5) is 0. The van der Waals surface area contributed by atoms with Gasteiger partial charge in [-0.25, -0.2) is 0 Å². The van der Waals surface area contributed by atoms with E-state index in [-0.39, 0.29) is 11.5 Å². The van der Waals surface area contributed by atoms with Gasteiger partial charge < -0.3 is 9.84 Å². The molecular formula is C12H16O2. The fourth-order valence-electron chi connectivity index (χ4n) is 2.12. The number of hydrogen-bond acceptors (Lipinski definition) is 2. The van der Waals surface area contributed by atoms with E-state index in [4.69, 9.17) is 4.74 Å². The predicted molar refractivity (Wildman–Crippen MR) is 55.4 cm³/mol. The van der Waals surface area contributed by atoms with Crippen molar-refractivity contribution >= 4 is 0 Å². The number of hydrogen-bond donors (Lipinski definition) is 1. The number of aliphatic hydroxyl groups is 1. The Morgan fingerprint density at radius 3 is 2.79 bits per heavy atom. The number of methoxy groups -OCH3 is 1. The van der Waals surface area contributed by atoms with Crippen LogP contribution < -0.4 is 4.74 Å². The molecule has 14 heavy (non-hydrogen) atoms. The first-order chi connectivity index (χ1) is 6.54. The molecule has 1 aliphatic carbocycles. The van der Waals surface area contributed by atoms with Crippen molar-refractivity contribution in [3.63, 3.8) is 0 Å². The Labute approximate surface area is 84.5 Å². The fourth-order valence-corrected chi connectivity index (χ4v) is 2.12. The largest absolute Gasteiger partial charge is 0.497 e. The SMILES string of the molecule is COc1ccc2c(c1)[C@@H](O)C(C)(C)C2. The van der Waals surface area contributed by atoms with Gasteiger partial charge in [-0.2, -0.15) is 0 Å². The van der Waals surface area contributed by atoms with Gasteiger partial charge in [0.1, 0.15) is 5.75 Å². The van der Waals surface area contributed by atoms with Crippen molar-refractivity contribution in [1.29, 1.82) is 0 Å². The van der Waals surface area contributed by atoms with Crippen LogP contribution in [0.4, 0.5) is 0 Å². The summed E-state index contributed by atoms with van der Waals surface area (Å²) in [6.45, 7) is 4.17. The van der Waals surface area contributed by atoms with Crippen molar-refractivity contribution in [2.75, 3.05) is 7.11 Å². The second-order valence-corrected chi connectivity index (χ2v) is 4.63. The van der Waals surface area contributed by atoms with Gasteiger partial charge in [0, 0.05) is 0 Å².